The molecule has 1 atom stereocenters. The number of rotatable bonds is 11. The molecule has 1 aliphatic rings. The van der Waals surface area contributed by atoms with Gasteiger partial charge in [0.1, 0.15) is 52.0 Å². The van der Waals surface area contributed by atoms with Crippen LogP contribution in [0.15, 0.2) is 78.8 Å². The van der Waals surface area contributed by atoms with E-state index in [0.717, 1.165) is 27.9 Å². The van der Waals surface area contributed by atoms with Crippen LogP contribution in [0, 0.1) is 5.82 Å². The van der Waals surface area contributed by atoms with Crippen molar-refractivity contribution in [3.63, 3.8) is 0 Å². The number of hydrogen-bond donors (Lipinski definition) is 2. The molecule has 40 heavy (non-hydrogen) atoms. The summed E-state index contributed by atoms with van der Waals surface area (Å²) in [5.74, 6) is 1.65. The van der Waals surface area contributed by atoms with Gasteiger partial charge in [-0.3, -0.25) is 0 Å². The third-order valence-electron chi connectivity index (χ3n) is 6.31. The van der Waals surface area contributed by atoms with Crippen LogP contribution in [0.5, 0.6) is 5.75 Å². The molecular weight excluding hydrogens is 555 g/mol. The maximum Gasteiger partial charge on any atom is 0.148 e. The number of nitrogens with zero attached hydrogens (tertiary/aromatic N) is 2. The fourth-order valence-electron chi connectivity index (χ4n) is 4.30. The van der Waals surface area contributed by atoms with E-state index in [1.54, 1.807) is 24.3 Å². The summed E-state index contributed by atoms with van der Waals surface area (Å²) in [6.45, 7) is 1.04. The number of hydrogen-bond acceptors (Lipinski definition) is 8. The average Bonchev–Trinajstić information content (AvgIpc) is 3.39. The molecule has 0 spiro atoms. The second-order valence-corrected chi connectivity index (χ2v) is 12.2. The monoisotopic (exact) mass is 582 g/mol. The van der Waals surface area contributed by atoms with Crippen molar-refractivity contribution in [2.45, 2.75) is 19.1 Å². The van der Waals surface area contributed by atoms with E-state index in [4.69, 9.17) is 21.1 Å². The zero-order valence-corrected chi connectivity index (χ0v) is 23.3. The van der Waals surface area contributed by atoms with Crippen LogP contribution in [0.3, 0.4) is 0 Å². The Labute approximate surface area is 237 Å². The average molecular weight is 583 g/mol. The van der Waals surface area contributed by atoms with Crippen molar-refractivity contribution < 1.29 is 22.3 Å². The lowest BCUT2D eigenvalue weighted by atomic mass is 10.0. The van der Waals surface area contributed by atoms with Crippen LogP contribution < -0.4 is 15.4 Å². The summed E-state index contributed by atoms with van der Waals surface area (Å²) in [6, 6.07) is 17.5. The van der Waals surface area contributed by atoms with Crippen LogP contribution in [0.2, 0.25) is 5.02 Å². The second kappa shape index (κ2) is 12.2. The van der Waals surface area contributed by atoms with Crippen molar-refractivity contribution >= 4 is 43.8 Å². The topological polar surface area (TPSA) is 102 Å². The fraction of sp³-hybridized carbons (Fsp3) is 0.241. The fourth-order valence-corrected chi connectivity index (χ4v) is 5.05. The van der Waals surface area contributed by atoms with Crippen LogP contribution in [0.25, 0.3) is 10.9 Å². The lowest BCUT2D eigenvalue weighted by molar-refractivity contribution is 0.141. The number of fused-ring (bicyclic) bond motifs is 1. The zero-order chi connectivity index (χ0) is 28.1. The lowest BCUT2D eigenvalue weighted by Crippen LogP contribution is -2.24. The predicted octanol–water partition coefficient (Wildman–Crippen LogP) is 5.72. The van der Waals surface area contributed by atoms with Crippen LogP contribution in [0.4, 0.5) is 15.9 Å². The van der Waals surface area contributed by atoms with E-state index >= 15 is 0 Å². The van der Waals surface area contributed by atoms with Gasteiger partial charge in [0.25, 0.3) is 0 Å². The maximum absolute atomic E-state index is 13.4. The van der Waals surface area contributed by atoms with Crippen LogP contribution in [0.1, 0.15) is 23.7 Å². The summed E-state index contributed by atoms with van der Waals surface area (Å²) >= 11 is 6.47. The summed E-state index contributed by atoms with van der Waals surface area (Å²) in [7, 11) is -3.01. The number of sulfone groups is 1. The van der Waals surface area contributed by atoms with Gasteiger partial charge in [-0.2, -0.15) is 0 Å². The van der Waals surface area contributed by atoms with Crippen molar-refractivity contribution in [3.05, 3.63) is 101 Å². The second-order valence-electron chi connectivity index (χ2n) is 9.51. The van der Waals surface area contributed by atoms with Gasteiger partial charge in [0, 0.05) is 30.3 Å². The van der Waals surface area contributed by atoms with Crippen molar-refractivity contribution in [1.29, 1.82) is 0 Å². The van der Waals surface area contributed by atoms with Gasteiger partial charge >= 0.3 is 0 Å². The molecule has 11 heteroatoms. The van der Waals surface area contributed by atoms with Gasteiger partial charge in [0.05, 0.1) is 22.8 Å². The summed E-state index contributed by atoms with van der Waals surface area (Å²) in [5.41, 5.74) is 3.18. The molecule has 0 amide bonds. The summed E-state index contributed by atoms with van der Waals surface area (Å²) in [4.78, 5) is 8.84. The van der Waals surface area contributed by atoms with E-state index in [1.165, 1.54) is 24.7 Å². The largest absolute Gasteiger partial charge is 0.489 e. The van der Waals surface area contributed by atoms with E-state index in [0.29, 0.717) is 41.7 Å². The Morgan fingerprint density at radius 3 is 2.80 bits per heavy atom. The minimum Gasteiger partial charge on any atom is -0.489 e. The highest BCUT2D eigenvalue weighted by Gasteiger charge is 2.21. The number of anilines is 2. The number of aromatic nitrogens is 2. The Hall–Kier alpha value is -3.73. The summed E-state index contributed by atoms with van der Waals surface area (Å²) < 4.78 is 47.9. The molecule has 2 heterocycles. The standard InChI is InChI=1S/C29H28ClFN4O4S/c1-40(36,37)12-11-32-16-23-7-10-27(39-23)20-5-8-26-24(14-20)29(34-18-33-26)35-22-6-9-28(25(30)15-22)38-17-19-3-2-4-21(31)13-19/h2-9,13-15,18,27,32H,10-12,16-17H2,1H3,(H,33,34,35). The van der Waals surface area contributed by atoms with Gasteiger partial charge in [-0.05, 0) is 59.7 Å². The number of nitrogens with one attached hydrogen (secondary N) is 2. The molecule has 1 aliphatic heterocycles. The van der Waals surface area contributed by atoms with Crippen LogP contribution in [-0.4, -0.2) is 43.5 Å². The molecule has 5 rings (SSSR count). The molecule has 1 aromatic heterocycles. The molecule has 208 valence electrons. The Bertz CT molecular complexity index is 1670. The van der Waals surface area contributed by atoms with Gasteiger partial charge in [-0.1, -0.05) is 29.8 Å². The molecule has 0 radical (unpaired) electrons. The molecule has 3 aromatic carbocycles. The maximum atomic E-state index is 13.4. The highest BCUT2D eigenvalue weighted by atomic mass is 35.5. The molecule has 0 saturated heterocycles. The third kappa shape index (κ3) is 7.26. The van der Waals surface area contributed by atoms with Crippen LogP contribution in [-0.2, 0) is 21.2 Å². The van der Waals surface area contributed by atoms with Gasteiger partial charge in [-0.25, -0.2) is 22.8 Å². The molecule has 0 saturated carbocycles. The van der Waals surface area contributed by atoms with Crippen molar-refractivity contribution in [2.75, 3.05) is 30.4 Å². The first-order valence-electron chi connectivity index (χ1n) is 12.7. The highest BCUT2D eigenvalue weighted by Crippen LogP contribution is 2.35. The SMILES string of the molecule is CS(=O)(=O)CCNCC1=CCC(c2ccc3ncnc(Nc4ccc(OCc5cccc(F)c5)c(Cl)c4)c3c2)O1. The predicted molar refractivity (Wildman–Crippen MR) is 154 cm³/mol. The smallest absolute Gasteiger partial charge is 0.148 e. The first-order valence-corrected chi connectivity index (χ1v) is 15.1. The number of benzene rings is 3. The molecule has 0 fully saturated rings. The van der Waals surface area contributed by atoms with E-state index in [2.05, 4.69) is 20.6 Å². The molecule has 0 aliphatic carbocycles. The number of ether oxygens (including phenoxy) is 2. The normalized spacial score (nSPS) is 15.1. The molecule has 4 aromatic rings. The first kappa shape index (κ1) is 27.8. The van der Waals surface area contributed by atoms with Crippen LogP contribution >= 0.6 is 11.6 Å². The lowest BCUT2D eigenvalue weighted by Gasteiger charge is -2.16. The minimum absolute atomic E-state index is 0.0834. The Kier molecular flexibility index (Phi) is 8.49. The quantitative estimate of drug-likeness (QED) is 0.216. The van der Waals surface area contributed by atoms with E-state index in [9.17, 15) is 12.8 Å². The first-order chi connectivity index (χ1) is 19.2. The van der Waals surface area contributed by atoms with Gasteiger partial charge < -0.3 is 20.1 Å². The Morgan fingerprint density at radius 2 is 2.00 bits per heavy atom. The molecule has 8 nitrogen and oxygen atoms in total. The van der Waals surface area contributed by atoms with Crippen molar-refractivity contribution in [3.8, 4) is 5.75 Å². The van der Waals surface area contributed by atoms with E-state index in [1.807, 2.05) is 30.3 Å². The molecular formula is C29H28ClFN4O4S. The third-order valence-corrected chi connectivity index (χ3v) is 7.55. The molecule has 2 N–H and O–H groups in total. The minimum atomic E-state index is -3.01. The van der Waals surface area contributed by atoms with Crippen molar-refractivity contribution in [1.82, 2.24) is 15.3 Å². The van der Waals surface area contributed by atoms with E-state index in [-0.39, 0.29) is 24.3 Å². The Balaban J connectivity index is 1.24. The summed E-state index contributed by atoms with van der Waals surface area (Å²) in [6.07, 6.45) is 5.28. The molecule has 1 unspecified atom stereocenters. The molecule has 0 bridgehead atoms. The highest BCUT2D eigenvalue weighted by molar-refractivity contribution is 7.90. The van der Waals surface area contributed by atoms with Gasteiger partial charge in [-0.15, -0.1) is 0 Å². The van der Waals surface area contributed by atoms with Crippen molar-refractivity contribution in [2.24, 2.45) is 0 Å². The Morgan fingerprint density at radius 1 is 1.12 bits per heavy atom. The van der Waals surface area contributed by atoms with Gasteiger partial charge in [0.15, 0.2) is 0 Å². The van der Waals surface area contributed by atoms with Gasteiger partial charge in [0.2, 0.25) is 0 Å². The summed E-state index contributed by atoms with van der Waals surface area (Å²) in [5, 5.41) is 7.66. The zero-order valence-electron chi connectivity index (χ0n) is 21.7. The van der Waals surface area contributed by atoms with E-state index < -0.39 is 9.84 Å². The number of halogens is 2.